The van der Waals surface area contributed by atoms with Gasteiger partial charge in [0.1, 0.15) is 5.82 Å². The quantitative estimate of drug-likeness (QED) is 0.627. The lowest BCUT2D eigenvalue weighted by atomic mass is 10.1. The first-order valence-corrected chi connectivity index (χ1v) is 11.5. The van der Waals surface area contributed by atoms with Crippen LogP contribution in [-0.2, 0) is 11.3 Å². The lowest BCUT2D eigenvalue weighted by Gasteiger charge is -2.14. The Morgan fingerprint density at radius 2 is 1.88 bits per heavy atom. The van der Waals surface area contributed by atoms with E-state index < -0.39 is 0 Å². The maximum Gasteiger partial charge on any atom is 0.261 e. The Kier molecular flexibility index (Phi) is 5.81. The van der Waals surface area contributed by atoms with Crippen LogP contribution in [0.1, 0.15) is 37.1 Å². The molecule has 0 aliphatic carbocycles. The van der Waals surface area contributed by atoms with Crippen molar-refractivity contribution in [3.8, 4) is 0 Å². The average Bonchev–Trinajstić information content (AvgIpc) is 3.44. The van der Waals surface area contributed by atoms with E-state index in [4.69, 9.17) is 16.6 Å². The first-order valence-electron chi connectivity index (χ1n) is 11.1. The van der Waals surface area contributed by atoms with E-state index in [1.807, 2.05) is 24.3 Å². The summed E-state index contributed by atoms with van der Waals surface area (Å²) in [6, 6.07) is 13.0. The highest BCUT2D eigenvalue weighted by molar-refractivity contribution is 6.31. The smallest absolute Gasteiger partial charge is 0.261 e. The Balaban J connectivity index is 1.30. The molecule has 2 aliphatic heterocycles. The first kappa shape index (κ1) is 20.9. The van der Waals surface area contributed by atoms with E-state index in [1.165, 1.54) is 12.8 Å². The van der Waals surface area contributed by atoms with Crippen LogP contribution in [0, 0.1) is 0 Å². The van der Waals surface area contributed by atoms with Gasteiger partial charge in [-0.15, -0.1) is 0 Å². The minimum atomic E-state index is -0.0305. The van der Waals surface area contributed by atoms with Crippen LogP contribution in [0.25, 0.3) is 22.6 Å². The highest BCUT2D eigenvalue weighted by Crippen LogP contribution is 2.28. The Labute approximate surface area is 191 Å². The maximum atomic E-state index is 12.8. The average molecular weight is 449 g/mol. The van der Waals surface area contributed by atoms with Crippen LogP contribution >= 0.6 is 11.6 Å². The number of carbonyl (C=O) groups excluding carboxylic acids is 1. The lowest BCUT2D eigenvalue weighted by Crippen LogP contribution is -2.25. The number of nitrogens with zero attached hydrogens (tertiary/aromatic N) is 3. The van der Waals surface area contributed by atoms with Crippen LogP contribution in [0.4, 0.5) is 5.69 Å². The van der Waals surface area contributed by atoms with Gasteiger partial charge in [-0.3, -0.25) is 14.2 Å². The van der Waals surface area contributed by atoms with Gasteiger partial charge in [-0.25, -0.2) is 4.98 Å². The van der Waals surface area contributed by atoms with Crippen molar-refractivity contribution in [1.82, 2.24) is 14.5 Å². The van der Waals surface area contributed by atoms with Gasteiger partial charge < -0.3 is 10.2 Å². The molecular weight excluding hydrogens is 424 g/mol. The molecule has 1 amide bonds. The standard InChI is InChI=1S/C25H25ClN4O2/c26-19-5-8-21-22(16-19)28-24-18(9-14-30(24)25(21)32)15-17-3-6-20(7-4-17)27-23(31)10-13-29-11-1-2-12-29/h3-8,15-16H,1-2,9-14H2,(H,27,31)/b18-15+. The SMILES string of the molecule is O=C(CCN1CCCC1)Nc1ccc(/C=C2\CCn3c2nc2cc(Cl)ccc2c3=O)cc1. The summed E-state index contributed by atoms with van der Waals surface area (Å²) in [4.78, 5) is 32.1. The summed E-state index contributed by atoms with van der Waals surface area (Å²) in [5.41, 5.74) is 3.40. The molecule has 2 aromatic carbocycles. The zero-order valence-corrected chi connectivity index (χ0v) is 18.6. The van der Waals surface area contributed by atoms with Crippen molar-refractivity contribution in [3.63, 3.8) is 0 Å². The van der Waals surface area contributed by atoms with Gasteiger partial charge in [-0.1, -0.05) is 23.7 Å². The molecule has 0 atom stereocenters. The normalized spacial score (nSPS) is 17.2. The Morgan fingerprint density at radius 1 is 1.09 bits per heavy atom. The van der Waals surface area contributed by atoms with Gasteiger partial charge in [-0.2, -0.15) is 0 Å². The number of allylic oxidation sites excluding steroid dienone is 1. The zero-order valence-electron chi connectivity index (χ0n) is 17.8. The van der Waals surface area contributed by atoms with E-state index in [2.05, 4.69) is 16.3 Å². The molecule has 0 bridgehead atoms. The number of benzene rings is 2. The molecule has 3 aromatic rings. The highest BCUT2D eigenvalue weighted by Gasteiger charge is 2.21. The first-order chi connectivity index (χ1) is 15.6. The summed E-state index contributed by atoms with van der Waals surface area (Å²) in [6.45, 7) is 3.64. The fraction of sp³-hybridized carbons (Fsp3) is 0.320. The van der Waals surface area contributed by atoms with Gasteiger partial charge in [0.2, 0.25) is 5.91 Å². The van der Waals surface area contributed by atoms with Crippen molar-refractivity contribution in [2.24, 2.45) is 0 Å². The number of hydrogen-bond donors (Lipinski definition) is 1. The summed E-state index contributed by atoms with van der Waals surface area (Å²) in [5.74, 6) is 0.742. The predicted octanol–water partition coefficient (Wildman–Crippen LogP) is 4.42. The number of fused-ring (bicyclic) bond motifs is 2. The number of anilines is 1. The Hall–Kier alpha value is -2.96. The number of amides is 1. The number of carbonyl (C=O) groups is 1. The van der Waals surface area contributed by atoms with Crippen molar-refractivity contribution in [2.75, 3.05) is 25.0 Å². The molecule has 32 heavy (non-hydrogen) atoms. The van der Waals surface area contributed by atoms with Crippen LogP contribution in [-0.4, -0.2) is 40.0 Å². The monoisotopic (exact) mass is 448 g/mol. The van der Waals surface area contributed by atoms with Crippen molar-refractivity contribution < 1.29 is 4.79 Å². The van der Waals surface area contributed by atoms with Gasteiger partial charge in [0.05, 0.1) is 10.9 Å². The third-order valence-electron chi connectivity index (χ3n) is 6.20. The van der Waals surface area contributed by atoms with Crippen molar-refractivity contribution >= 4 is 45.7 Å². The fourth-order valence-corrected chi connectivity index (χ4v) is 4.65. The minimum Gasteiger partial charge on any atom is -0.326 e. The van der Waals surface area contributed by atoms with Crippen LogP contribution in [0.2, 0.25) is 5.02 Å². The van der Waals surface area contributed by atoms with E-state index in [1.54, 1.807) is 22.8 Å². The summed E-state index contributed by atoms with van der Waals surface area (Å²) < 4.78 is 1.73. The van der Waals surface area contributed by atoms with Gasteiger partial charge in [-0.05, 0) is 79.9 Å². The van der Waals surface area contributed by atoms with Crippen molar-refractivity contribution in [1.29, 1.82) is 0 Å². The topological polar surface area (TPSA) is 67.2 Å². The van der Waals surface area contributed by atoms with Crippen LogP contribution in [0.15, 0.2) is 47.3 Å². The molecule has 3 heterocycles. The molecule has 0 spiro atoms. The minimum absolute atomic E-state index is 0.0305. The van der Waals surface area contributed by atoms with E-state index in [-0.39, 0.29) is 11.5 Å². The van der Waals surface area contributed by atoms with Gasteiger partial charge >= 0.3 is 0 Å². The molecular formula is C25H25ClN4O2. The van der Waals surface area contributed by atoms with E-state index >= 15 is 0 Å². The van der Waals surface area contributed by atoms with Crippen LogP contribution in [0.5, 0.6) is 0 Å². The molecule has 2 aliphatic rings. The summed E-state index contributed by atoms with van der Waals surface area (Å²) in [5, 5.41) is 4.13. The molecule has 0 radical (unpaired) electrons. The van der Waals surface area contributed by atoms with Crippen molar-refractivity contribution in [3.05, 3.63) is 69.2 Å². The molecule has 164 valence electrons. The van der Waals surface area contributed by atoms with Crippen LogP contribution < -0.4 is 10.9 Å². The maximum absolute atomic E-state index is 12.8. The number of likely N-dealkylation sites (tertiary alicyclic amines) is 1. The second-order valence-electron chi connectivity index (χ2n) is 8.44. The van der Waals surface area contributed by atoms with Crippen molar-refractivity contribution in [2.45, 2.75) is 32.2 Å². The highest BCUT2D eigenvalue weighted by atomic mass is 35.5. The summed E-state index contributed by atoms with van der Waals surface area (Å²) in [7, 11) is 0. The lowest BCUT2D eigenvalue weighted by molar-refractivity contribution is -0.116. The van der Waals surface area contributed by atoms with E-state index in [0.29, 0.717) is 34.7 Å². The van der Waals surface area contributed by atoms with Crippen LogP contribution in [0.3, 0.4) is 0 Å². The molecule has 1 saturated heterocycles. The Morgan fingerprint density at radius 3 is 2.66 bits per heavy atom. The van der Waals surface area contributed by atoms with Gasteiger partial charge in [0.25, 0.3) is 5.56 Å². The van der Waals surface area contributed by atoms with E-state index in [0.717, 1.165) is 42.9 Å². The molecule has 1 N–H and O–H groups in total. The predicted molar refractivity (Wildman–Crippen MR) is 129 cm³/mol. The number of aromatic nitrogens is 2. The molecule has 6 nitrogen and oxygen atoms in total. The van der Waals surface area contributed by atoms with Gasteiger partial charge in [0, 0.05) is 30.2 Å². The molecule has 1 aromatic heterocycles. The number of rotatable bonds is 5. The molecule has 7 heteroatoms. The van der Waals surface area contributed by atoms with E-state index in [9.17, 15) is 9.59 Å². The second-order valence-corrected chi connectivity index (χ2v) is 8.88. The second kappa shape index (κ2) is 8.88. The third kappa shape index (κ3) is 4.33. The number of nitrogens with one attached hydrogen (secondary N) is 1. The largest absolute Gasteiger partial charge is 0.326 e. The summed E-state index contributed by atoms with van der Waals surface area (Å²) in [6.07, 6.45) is 5.79. The summed E-state index contributed by atoms with van der Waals surface area (Å²) >= 11 is 6.10. The third-order valence-corrected chi connectivity index (χ3v) is 6.43. The Bertz CT molecular complexity index is 1260. The molecule has 1 fully saturated rings. The van der Waals surface area contributed by atoms with Gasteiger partial charge in [0.15, 0.2) is 0 Å². The molecule has 5 rings (SSSR count). The molecule has 0 saturated carbocycles. The fourth-order valence-electron chi connectivity index (χ4n) is 4.48. The molecule has 0 unspecified atom stereocenters. The number of halogens is 1. The zero-order chi connectivity index (χ0) is 22.1. The number of hydrogen-bond acceptors (Lipinski definition) is 4.